The standard InChI is InChI=1S/C15H19N3O3/c1-15(2,3)21-13(19)8-18-7-11(14(17)20)10-6-9(16)4-5-12(10)18/h4-7H,8,16H2,1-3H3,(H2,17,20). The van der Waals surface area contributed by atoms with Crippen molar-refractivity contribution in [3.8, 4) is 0 Å². The van der Waals surface area contributed by atoms with E-state index in [0.717, 1.165) is 0 Å². The van der Waals surface area contributed by atoms with E-state index in [2.05, 4.69) is 0 Å². The highest BCUT2D eigenvalue weighted by Gasteiger charge is 2.19. The molecule has 21 heavy (non-hydrogen) atoms. The van der Waals surface area contributed by atoms with Crippen LogP contribution in [-0.4, -0.2) is 22.0 Å². The maximum absolute atomic E-state index is 11.9. The molecule has 0 spiro atoms. The molecule has 6 nitrogen and oxygen atoms in total. The molecule has 0 aliphatic heterocycles. The minimum atomic E-state index is -0.562. The molecule has 0 atom stereocenters. The zero-order chi connectivity index (χ0) is 15.8. The number of aromatic nitrogens is 1. The molecule has 0 aliphatic carbocycles. The molecular formula is C15H19N3O3. The SMILES string of the molecule is CC(C)(C)OC(=O)Cn1cc(C(N)=O)c2cc(N)ccc21. The molecule has 112 valence electrons. The van der Waals surface area contributed by atoms with E-state index in [9.17, 15) is 9.59 Å². The highest BCUT2D eigenvalue weighted by molar-refractivity contribution is 6.07. The summed E-state index contributed by atoms with van der Waals surface area (Å²) in [5.74, 6) is -0.944. The van der Waals surface area contributed by atoms with Gasteiger partial charge in [-0.3, -0.25) is 9.59 Å². The molecule has 4 N–H and O–H groups in total. The molecule has 0 unspecified atom stereocenters. The second kappa shape index (κ2) is 5.12. The average molecular weight is 289 g/mol. The van der Waals surface area contributed by atoms with Crippen molar-refractivity contribution in [2.45, 2.75) is 32.9 Å². The number of esters is 1. The van der Waals surface area contributed by atoms with Gasteiger partial charge >= 0.3 is 5.97 Å². The number of carbonyl (C=O) groups is 2. The fourth-order valence-electron chi connectivity index (χ4n) is 2.15. The Morgan fingerprint density at radius 2 is 1.95 bits per heavy atom. The molecule has 0 saturated heterocycles. The van der Waals surface area contributed by atoms with Crippen LogP contribution in [0.25, 0.3) is 10.9 Å². The van der Waals surface area contributed by atoms with Gasteiger partial charge in [-0.2, -0.15) is 0 Å². The lowest BCUT2D eigenvalue weighted by Gasteiger charge is -2.19. The van der Waals surface area contributed by atoms with Crippen LogP contribution in [0.15, 0.2) is 24.4 Å². The number of anilines is 1. The quantitative estimate of drug-likeness (QED) is 0.663. The van der Waals surface area contributed by atoms with E-state index in [1.165, 1.54) is 0 Å². The Kier molecular flexibility index (Phi) is 3.63. The number of nitrogens with zero attached hydrogens (tertiary/aromatic N) is 1. The largest absolute Gasteiger partial charge is 0.459 e. The lowest BCUT2D eigenvalue weighted by Crippen LogP contribution is -2.26. The van der Waals surface area contributed by atoms with Crippen LogP contribution < -0.4 is 11.5 Å². The second-order valence-electron chi connectivity index (χ2n) is 5.90. The van der Waals surface area contributed by atoms with E-state index < -0.39 is 11.5 Å². The second-order valence-corrected chi connectivity index (χ2v) is 5.90. The van der Waals surface area contributed by atoms with Gasteiger partial charge in [-0.15, -0.1) is 0 Å². The van der Waals surface area contributed by atoms with Crippen molar-refractivity contribution in [1.29, 1.82) is 0 Å². The number of nitrogens with two attached hydrogens (primary N) is 2. The summed E-state index contributed by atoms with van der Waals surface area (Å²) < 4.78 is 6.93. The molecule has 1 aromatic carbocycles. The van der Waals surface area contributed by atoms with Gasteiger partial charge in [0.15, 0.2) is 0 Å². The summed E-state index contributed by atoms with van der Waals surface area (Å²) in [6.45, 7) is 5.40. The van der Waals surface area contributed by atoms with Gasteiger partial charge in [-0.1, -0.05) is 0 Å². The normalized spacial score (nSPS) is 11.6. The summed E-state index contributed by atoms with van der Waals surface area (Å²) in [6, 6.07) is 5.13. The Hall–Kier alpha value is -2.50. The first-order valence-corrected chi connectivity index (χ1v) is 6.57. The first-order valence-electron chi connectivity index (χ1n) is 6.57. The van der Waals surface area contributed by atoms with Crippen LogP contribution in [0, 0.1) is 0 Å². The predicted octanol–water partition coefficient (Wildman–Crippen LogP) is 1.66. The number of ether oxygens (including phenoxy) is 1. The zero-order valence-electron chi connectivity index (χ0n) is 12.3. The van der Waals surface area contributed by atoms with E-state index >= 15 is 0 Å². The number of amides is 1. The topological polar surface area (TPSA) is 100 Å². The predicted molar refractivity (Wildman–Crippen MR) is 80.7 cm³/mol. The molecule has 0 fully saturated rings. The number of hydrogen-bond donors (Lipinski definition) is 2. The molecule has 1 amide bonds. The molecule has 0 aliphatic rings. The maximum Gasteiger partial charge on any atom is 0.326 e. The summed E-state index contributed by atoms with van der Waals surface area (Å²) >= 11 is 0. The smallest absolute Gasteiger partial charge is 0.326 e. The molecule has 0 radical (unpaired) electrons. The lowest BCUT2D eigenvalue weighted by molar-refractivity contribution is -0.155. The Labute approximate surface area is 122 Å². The van der Waals surface area contributed by atoms with Crippen LogP contribution in [0.2, 0.25) is 0 Å². The van der Waals surface area contributed by atoms with Gasteiger partial charge in [0.05, 0.1) is 5.56 Å². The highest BCUT2D eigenvalue weighted by Crippen LogP contribution is 2.24. The number of hydrogen-bond acceptors (Lipinski definition) is 4. The lowest BCUT2D eigenvalue weighted by atomic mass is 10.1. The van der Waals surface area contributed by atoms with Crippen LogP contribution >= 0.6 is 0 Å². The van der Waals surface area contributed by atoms with Crippen LogP contribution in [0.1, 0.15) is 31.1 Å². The molecule has 2 rings (SSSR count). The van der Waals surface area contributed by atoms with Crippen LogP contribution in [-0.2, 0) is 16.1 Å². The number of rotatable bonds is 3. The Bertz CT molecular complexity index is 711. The third-order valence-corrected chi connectivity index (χ3v) is 2.89. The Morgan fingerprint density at radius 3 is 2.52 bits per heavy atom. The van der Waals surface area contributed by atoms with Crippen molar-refractivity contribution >= 4 is 28.5 Å². The molecule has 1 heterocycles. The van der Waals surface area contributed by atoms with Gasteiger partial charge in [0.1, 0.15) is 12.1 Å². The molecule has 0 bridgehead atoms. The summed E-state index contributed by atoms with van der Waals surface area (Å²) in [6.07, 6.45) is 1.55. The Balaban J connectivity index is 2.41. The average Bonchev–Trinajstić information content (AvgIpc) is 2.64. The summed E-state index contributed by atoms with van der Waals surface area (Å²) in [7, 11) is 0. The number of benzene rings is 1. The summed E-state index contributed by atoms with van der Waals surface area (Å²) in [5.41, 5.74) is 12.1. The summed E-state index contributed by atoms with van der Waals surface area (Å²) in [5, 5.41) is 0.631. The number of primary amides is 1. The fourth-order valence-corrected chi connectivity index (χ4v) is 2.15. The molecular weight excluding hydrogens is 270 g/mol. The minimum absolute atomic E-state index is 0.00493. The molecule has 1 aromatic heterocycles. The Morgan fingerprint density at radius 1 is 1.29 bits per heavy atom. The van der Waals surface area contributed by atoms with Crippen LogP contribution in [0.4, 0.5) is 5.69 Å². The van der Waals surface area contributed by atoms with Crippen molar-refractivity contribution in [2.75, 3.05) is 5.73 Å². The monoisotopic (exact) mass is 289 g/mol. The molecule has 6 heteroatoms. The summed E-state index contributed by atoms with van der Waals surface area (Å²) in [4.78, 5) is 23.4. The van der Waals surface area contributed by atoms with Gasteiger partial charge in [-0.05, 0) is 39.0 Å². The van der Waals surface area contributed by atoms with Crippen molar-refractivity contribution in [1.82, 2.24) is 4.57 Å². The first kappa shape index (κ1) is 14.9. The maximum atomic E-state index is 11.9. The van der Waals surface area contributed by atoms with Gasteiger partial charge in [0.25, 0.3) is 5.91 Å². The number of nitrogen functional groups attached to an aromatic ring is 1. The van der Waals surface area contributed by atoms with Crippen molar-refractivity contribution in [3.63, 3.8) is 0 Å². The minimum Gasteiger partial charge on any atom is -0.459 e. The van der Waals surface area contributed by atoms with E-state index in [1.807, 2.05) is 0 Å². The van der Waals surface area contributed by atoms with Gasteiger partial charge in [0, 0.05) is 22.8 Å². The third kappa shape index (κ3) is 3.34. The first-order chi connectivity index (χ1) is 9.67. The van der Waals surface area contributed by atoms with E-state index in [-0.39, 0.29) is 12.5 Å². The van der Waals surface area contributed by atoms with Gasteiger partial charge in [0.2, 0.25) is 0 Å². The fraction of sp³-hybridized carbons (Fsp3) is 0.333. The van der Waals surface area contributed by atoms with Crippen LogP contribution in [0.5, 0.6) is 0 Å². The van der Waals surface area contributed by atoms with Gasteiger partial charge in [-0.25, -0.2) is 0 Å². The third-order valence-electron chi connectivity index (χ3n) is 2.89. The van der Waals surface area contributed by atoms with E-state index in [0.29, 0.717) is 22.2 Å². The number of fused-ring (bicyclic) bond motifs is 1. The van der Waals surface area contributed by atoms with Crippen LogP contribution in [0.3, 0.4) is 0 Å². The highest BCUT2D eigenvalue weighted by atomic mass is 16.6. The van der Waals surface area contributed by atoms with Gasteiger partial charge < -0.3 is 20.8 Å². The molecule has 2 aromatic rings. The zero-order valence-corrected chi connectivity index (χ0v) is 12.3. The van der Waals surface area contributed by atoms with E-state index in [4.69, 9.17) is 16.2 Å². The van der Waals surface area contributed by atoms with E-state index in [1.54, 1.807) is 49.7 Å². The number of carbonyl (C=O) groups excluding carboxylic acids is 2. The van der Waals surface area contributed by atoms with Crippen molar-refractivity contribution < 1.29 is 14.3 Å². The molecule has 0 saturated carbocycles. The van der Waals surface area contributed by atoms with Crippen molar-refractivity contribution in [3.05, 3.63) is 30.0 Å². The van der Waals surface area contributed by atoms with Crippen molar-refractivity contribution in [2.24, 2.45) is 5.73 Å².